The van der Waals surface area contributed by atoms with Crippen molar-refractivity contribution in [3.8, 4) is 11.5 Å². The highest BCUT2D eigenvalue weighted by Crippen LogP contribution is 2.38. The zero-order valence-corrected chi connectivity index (χ0v) is 30.6. The van der Waals surface area contributed by atoms with E-state index in [1.807, 2.05) is 62.4 Å². The molecule has 282 valence electrons. The number of carboxylic acid groups (broad SMARTS) is 1. The van der Waals surface area contributed by atoms with Gasteiger partial charge in [0, 0.05) is 30.6 Å². The van der Waals surface area contributed by atoms with Crippen molar-refractivity contribution in [3.63, 3.8) is 0 Å². The smallest absolute Gasteiger partial charge is 0.338 e. The third-order valence-electron chi connectivity index (χ3n) is 9.20. The van der Waals surface area contributed by atoms with Crippen LogP contribution < -0.4 is 14.8 Å². The van der Waals surface area contributed by atoms with Crippen LogP contribution in [0.1, 0.15) is 67.5 Å². The Morgan fingerprint density at radius 2 is 1.56 bits per heavy atom. The minimum absolute atomic E-state index is 0.0410. The molecule has 0 spiro atoms. The summed E-state index contributed by atoms with van der Waals surface area (Å²) in [5.41, 5.74) is 1.52. The van der Waals surface area contributed by atoms with Crippen LogP contribution in [0.25, 0.3) is 6.08 Å². The van der Waals surface area contributed by atoms with Gasteiger partial charge in [0.25, 0.3) is 11.8 Å². The van der Waals surface area contributed by atoms with Gasteiger partial charge in [-0.3, -0.25) is 14.4 Å². The van der Waals surface area contributed by atoms with E-state index in [2.05, 4.69) is 5.32 Å². The first-order chi connectivity index (χ1) is 25.9. The average molecular weight is 737 g/mol. The first-order valence-corrected chi connectivity index (χ1v) is 17.6. The van der Waals surface area contributed by atoms with Crippen LogP contribution in [0.2, 0.25) is 0 Å². The van der Waals surface area contributed by atoms with Gasteiger partial charge in [-0.25, -0.2) is 4.79 Å². The van der Waals surface area contributed by atoms with Crippen molar-refractivity contribution >= 4 is 35.5 Å². The number of para-hydroxylation sites is 1. The van der Waals surface area contributed by atoms with Gasteiger partial charge in [0.1, 0.15) is 11.9 Å². The molecule has 2 amide bonds. The molecule has 0 fully saturated rings. The summed E-state index contributed by atoms with van der Waals surface area (Å²) < 4.78 is 22.7. The van der Waals surface area contributed by atoms with E-state index in [0.717, 1.165) is 11.1 Å². The number of aliphatic hydroxyl groups is 1. The maximum Gasteiger partial charge on any atom is 0.338 e. The summed E-state index contributed by atoms with van der Waals surface area (Å²) >= 11 is 0. The van der Waals surface area contributed by atoms with Gasteiger partial charge in [-0.2, -0.15) is 0 Å². The van der Waals surface area contributed by atoms with Crippen molar-refractivity contribution in [1.29, 1.82) is 0 Å². The predicted molar refractivity (Wildman–Crippen MR) is 201 cm³/mol. The largest absolute Gasteiger partial charge is 0.503 e. The Bertz CT molecular complexity index is 2000. The third kappa shape index (κ3) is 9.97. The first kappa shape index (κ1) is 38.9. The number of aliphatic hydroxyl groups excluding tert-OH is 1. The number of benzene rings is 3. The average Bonchev–Trinajstić information content (AvgIpc) is 3.84. The fourth-order valence-electron chi connectivity index (χ4n) is 5.81. The Morgan fingerprint density at radius 1 is 0.870 bits per heavy atom. The van der Waals surface area contributed by atoms with Crippen molar-refractivity contribution in [2.24, 2.45) is 5.92 Å². The summed E-state index contributed by atoms with van der Waals surface area (Å²) in [6.07, 6.45) is 2.19. The standard InChI is InChI=1S/C42H44N2O10/c1-26(2)28(4)53-42(50)34(24-38(45)46)39(47)41(49)44(21-11-14-29-12-7-5-8-13-29)27(3)33(30-17-19-35-37(22-30)52-25-51-35)23-32-18-20-36(54-32)40(48)43-31-15-9-6-10-16-31/h5-20,22,26-28,33,47H,21,23-25H2,1-4H3,(H,43,48)(H,45,46)/b14-11+,39-34?. The quantitative estimate of drug-likeness (QED) is 0.0600. The van der Waals surface area contributed by atoms with Crippen molar-refractivity contribution < 1.29 is 48.0 Å². The van der Waals surface area contributed by atoms with Crippen LogP contribution in [0.5, 0.6) is 11.5 Å². The van der Waals surface area contributed by atoms with Crippen molar-refractivity contribution in [1.82, 2.24) is 4.90 Å². The number of ether oxygens (including phenoxy) is 3. The number of carboxylic acids is 1. The fourth-order valence-corrected chi connectivity index (χ4v) is 5.81. The van der Waals surface area contributed by atoms with Crippen molar-refractivity contribution in [3.05, 3.63) is 131 Å². The second-order valence-corrected chi connectivity index (χ2v) is 13.3. The molecule has 3 aromatic carbocycles. The molecule has 12 heteroatoms. The normalized spacial score (nSPS) is 14.2. The third-order valence-corrected chi connectivity index (χ3v) is 9.20. The number of fused-ring (bicyclic) bond motifs is 1. The number of nitrogens with zero attached hydrogens (tertiary/aromatic N) is 1. The molecular formula is C42H44N2O10. The van der Waals surface area contributed by atoms with E-state index in [-0.39, 0.29) is 31.4 Å². The number of rotatable bonds is 16. The lowest BCUT2D eigenvalue weighted by Gasteiger charge is -2.34. The van der Waals surface area contributed by atoms with Crippen LogP contribution in [-0.4, -0.2) is 64.3 Å². The number of nitrogens with one attached hydrogen (secondary N) is 1. The van der Waals surface area contributed by atoms with E-state index in [9.17, 15) is 29.4 Å². The van der Waals surface area contributed by atoms with Crippen LogP contribution in [0.3, 0.4) is 0 Å². The summed E-state index contributed by atoms with van der Waals surface area (Å²) in [6.45, 7) is 7.06. The number of hydrogen-bond donors (Lipinski definition) is 3. The number of carbonyl (C=O) groups is 4. The topological polar surface area (TPSA) is 165 Å². The van der Waals surface area contributed by atoms with Crippen molar-refractivity contribution in [2.75, 3.05) is 18.7 Å². The summed E-state index contributed by atoms with van der Waals surface area (Å²) in [5, 5.41) is 23.9. The van der Waals surface area contributed by atoms with Crippen molar-refractivity contribution in [2.45, 2.75) is 58.6 Å². The van der Waals surface area contributed by atoms with E-state index in [4.69, 9.17) is 18.6 Å². The van der Waals surface area contributed by atoms with Gasteiger partial charge in [-0.1, -0.05) is 80.6 Å². The molecule has 2 heterocycles. The molecule has 0 aliphatic carbocycles. The fraction of sp³-hybridized carbons (Fsp3) is 0.286. The SMILES string of the molecule is CC(C)C(C)OC(=O)C(CC(=O)O)=C(O)C(=O)N(C/C=C/c1ccccc1)C(C)C(Cc1ccc(C(=O)Nc2ccccc2)o1)c1ccc2c(c1)OCO2. The summed E-state index contributed by atoms with van der Waals surface area (Å²) in [5.74, 6) is -4.05. The Hall–Kier alpha value is -6.30. The van der Waals surface area contributed by atoms with Crippen LogP contribution in [0.4, 0.5) is 5.69 Å². The minimum Gasteiger partial charge on any atom is -0.503 e. The highest BCUT2D eigenvalue weighted by atomic mass is 16.7. The molecule has 1 aromatic heterocycles. The molecule has 0 saturated heterocycles. The molecule has 3 N–H and O–H groups in total. The first-order valence-electron chi connectivity index (χ1n) is 17.6. The molecule has 5 rings (SSSR count). The molecular weight excluding hydrogens is 692 g/mol. The summed E-state index contributed by atoms with van der Waals surface area (Å²) in [4.78, 5) is 53.9. The van der Waals surface area contributed by atoms with Gasteiger partial charge in [-0.15, -0.1) is 0 Å². The second-order valence-electron chi connectivity index (χ2n) is 13.3. The van der Waals surface area contributed by atoms with Crippen LogP contribution >= 0.6 is 0 Å². The van der Waals surface area contributed by atoms with E-state index in [1.165, 1.54) is 4.90 Å². The van der Waals surface area contributed by atoms with E-state index < -0.39 is 59.6 Å². The Kier molecular flexibility index (Phi) is 12.9. The lowest BCUT2D eigenvalue weighted by atomic mass is 9.87. The molecule has 4 aromatic rings. The monoisotopic (exact) mass is 736 g/mol. The zero-order valence-electron chi connectivity index (χ0n) is 30.6. The van der Waals surface area contributed by atoms with Crippen LogP contribution in [-0.2, 0) is 25.5 Å². The number of carbonyl (C=O) groups excluding carboxylic acids is 3. The van der Waals surface area contributed by atoms with Gasteiger partial charge >= 0.3 is 11.9 Å². The van der Waals surface area contributed by atoms with Crippen LogP contribution in [0.15, 0.2) is 113 Å². The van der Waals surface area contributed by atoms with Gasteiger partial charge in [0.2, 0.25) is 6.79 Å². The van der Waals surface area contributed by atoms with Crippen LogP contribution in [0, 0.1) is 5.92 Å². The number of hydrogen-bond acceptors (Lipinski definition) is 9. The number of aliphatic carboxylic acids is 1. The van der Waals surface area contributed by atoms with Gasteiger partial charge in [-0.05, 0) is 67.3 Å². The molecule has 3 atom stereocenters. The lowest BCUT2D eigenvalue weighted by Crippen LogP contribution is -2.44. The van der Waals surface area contributed by atoms with Gasteiger partial charge in [0.05, 0.1) is 12.0 Å². The molecule has 12 nitrogen and oxygen atoms in total. The Morgan fingerprint density at radius 3 is 2.24 bits per heavy atom. The molecule has 0 bridgehead atoms. The Labute approximate surface area is 313 Å². The summed E-state index contributed by atoms with van der Waals surface area (Å²) in [7, 11) is 0. The molecule has 0 radical (unpaired) electrons. The highest BCUT2D eigenvalue weighted by molar-refractivity contribution is 6.04. The molecule has 1 aliphatic heterocycles. The molecule has 0 saturated carbocycles. The lowest BCUT2D eigenvalue weighted by molar-refractivity contribution is -0.148. The van der Waals surface area contributed by atoms with E-state index >= 15 is 0 Å². The molecule has 3 unspecified atom stereocenters. The number of amides is 2. The zero-order chi connectivity index (χ0) is 38.8. The number of furan rings is 1. The van der Waals surface area contributed by atoms with E-state index in [1.54, 1.807) is 68.5 Å². The second kappa shape index (κ2) is 18.0. The Balaban J connectivity index is 1.53. The minimum atomic E-state index is -1.43. The number of esters is 1. The highest BCUT2D eigenvalue weighted by Gasteiger charge is 2.35. The maximum absolute atomic E-state index is 14.4. The molecule has 54 heavy (non-hydrogen) atoms. The van der Waals surface area contributed by atoms with Gasteiger partial charge < -0.3 is 39.1 Å². The van der Waals surface area contributed by atoms with Gasteiger partial charge in [0.15, 0.2) is 23.0 Å². The molecule has 1 aliphatic rings. The number of anilines is 1. The van der Waals surface area contributed by atoms with E-state index in [0.29, 0.717) is 22.9 Å². The maximum atomic E-state index is 14.4. The summed E-state index contributed by atoms with van der Waals surface area (Å²) in [6, 6.07) is 26.3. The predicted octanol–water partition coefficient (Wildman–Crippen LogP) is 7.39.